The van der Waals surface area contributed by atoms with Gasteiger partial charge in [-0.25, -0.2) is 0 Å². The predicted molar refractivity (Wildman–Crippen MR) is 58.1 cm³/mol. The van der Waals surface area contributed by atoms with E-state index in [0.29, 0.717) is 17.1 Å². The number of ketones is 1. The van der Waals surface area contributed by atoms with Crippen molar-refractivity contribution in [2.75, 3.05) is 0 Å². The molecular formula is C11H12ClNO. The molecule has 1 aromatic carbocycles. The fraction of sp³-hybridized carbons (Fsp3) is 0.182. The molecule has 0 atom stereocenters. The summed E-state index contributed by atoms with van der Waals surface area (Å²) in [6.07, 6.45) is 1.81. The summed E-state index contributed by atoms with van der Waals surface area (Å²) in [7, 11) is 0. The highest BCUT2D eigenvalue weighted by atomic mass is 35.5. The highest BCUT2D eigenvalue weighted by Crippen LogP contribution is 2.10. The van der Waals surface area contributed by atoms with Gasteiger partial charge in [-0.15, -0.1) is 0 Å². The Hall–Kier alpha value is -1.28. The van der Waals surface area contributed by atoms with Crippen LogP contribution in [0, 0.1) is 0 Å². The van der Waals surface area contributed by atoms with Gasteiger partial charge in [-0.1, -0.05) is 23.7 Å². The van der Waals surface area contributed by atoms with Gasteiger partial charge in [0.25, 0.3) is 0 Å². The molecule has 0 amide bonds. The number of hydrogen-bond acceptors (Lipinski definition) is 2. The fourth-order valence-corrected chi connectivity index (χ4v) is 1.23. The molecule has 0 spiro atoms. The molecule has 1 rings (SSSR count). The summed E-state index contributed by atoms with van der Waals surface area (Å²) in [6, 6.07) is 7.20. The molecule has 0 unspecified atom stereocenters. The molecular weight excluding hydrogens is 198 g/mol. The molecule has 14 heavy (non-hydrogen) atoms. The lowest BCUT2D eigenvalue weighted by molar-refractivity contribution is -0.114. The number of halogens is 1. The third kappa shape index (κ3) is 3.62. The van der Waals surface area contributed by atoms with Crippen LogP contribution in [0.3, 0.4) is 0 Å². The first-order chi connectivity index (χ1) is 6.58. The average molecular weight is 210 g/mol. The summed E-state index contributed by atoms with van der Waals surface area (Å²) in [4.78, 5) is 11.3. The lowest BCUT2D eigenvalue weighted by Gasteiger charge is -1.98. The summed E-state index contributed by atoms with van der Waals surface area (Å²) >= 11 is 5.72. The third-order valence-corrected chi connectivity index (χ3v) is 1.93. The minimum Gasteiger partial charge on any atom is -0.402 e. The van der Waals surface area contributed by atoms with E-state index < -0.39 is 0 Å². The quantitative estimate of drug-likeness (QED) is 0.777. The normalized spacial score (nSPS) is 11.4. The van der Waals surface area contributed by atoms with Crippen molar-refractivity contribution < 1.29 is 4.79 Å². The Labute approximate surface area is 88.4 Å². The van der Waals surface area contributed by atoms with Crippen molar-refractivity contribution >= 4 is 17.4 Å². The number of hydrogen-bond donors (Lipinski definition) is 1. The van der Waals surface area contributed by atoms with Crippen molar-refractivity contribution in [3.05, 3.63) is 46.6 Å². The molecule has 0 saturated carbocycles. The summed E-state index contributed by atoms with van der Waals surface area (Å²) in [6.45, 7) is 1.69. The highest BCUT2D eigenvalue weighted by molar-refractivity contribution is 6.30. The minimum absolute atomic E-state index is 0.00678. The molecule has 74 valence electrons. The van der Waals surface area contributed by atoms with Crippen molar-refractivity contribution in [3.8, 4) is 0 Å². The highest BCUT2D eigenvalue weighted by Gasteiger charge is 2.00. The summed E-state index contributed by atoms with van der Waals surface area (Å²) in [5.41, 5.74) is 6.86. The van der Waals surface area contributed by atoms with Crippen molar-refractivity contribution in [1.29, 1.82) is 0 Å². The van der Waals surface area contributed by atoms with Gasteiger partial charge in [-0.3, -0.25) is 4.79 Å². The van der Waals surface area contributed by atoms with Crippen LogP contribution in [-0.4, -0.2) is 5.78 Å². The van der Waals surface area contributed by atoms with Gasteiger partial charge < -0.3 is 5.73 Å². The van der Waals surface area contributed by atoms with E-state index in [1.54, 1.807) is 19.1 Å². The zero-order valence-corrected chi connectivity index (χ0v) is 8.71. The van der Waals surface area contributed by atoms with Crippen molar-refractivity contribution in [1.82, 2.24) is 0 Å². The summed E-state index contributed by atoms with van der Waals surface area (Å²) in [5, 5.41) is 0.673. The van der Waals surface area contributed by atoms with E-state index in [0.717, 1.165) is 5.56 Å². The van der Waals surface area contributed by atoms with Crippen LogP contribution in [0.2, 0.25) is 5.02 Å². The van der Waals surface area contributed by atoms with Gasteiger partial charge in [-0.05, 0) is 30.7 Å². The Kier molecular flexibility index (Phi) is 3.72. The Bertz CT molecular complexity index is 350. The van der Waals surface area contributed by atoms with E-state index in [-0.39, 0.29) is 5.78 Å². The van der Waals surface area contributed by atoms with Gasteiger partial charge in [0.15, 0.2) is 5.78 Å². The maximum Gasteiger partial charge on any atom is 0.161 e. The van der Waals surface area contributed by atoms with E-state index in [1.165, 1.54) is 6.08 Å². The van der Waals surface area contributed by atoms with Gasteiger partial charge in [0.1, 0.15) is 0 Å². The topological polar surface area (TPSA) is 43.1 Å². The molecule has 0 aliphatic rings. The van der Waals surface area contributed by atoms with Crippen LogP contribution >= 0.6 is 11.6 Å². The second kappa shape index (κ2) is 4.82. The average Bonchev–Trinajstić information content (AvgIpc) is 2.07. The Morgan fingerprint density at radius 3 is 2.50 bits per heavy atom. The van der Waals surface area contributed by atoms with Gasteiger partial charge in [0.05, 0.1) is 0 Å². The molecule has 2 N–H and O–H groups in total. The van der Waals surface area contributed by atoms with E-state index in [2.05, 4.69) is 0 Å². The van der Waals surface area contributed by atoms with E-state index in [9.17, 15) is 4.79 Å². The first-order valence-electron chi connectivity index (χ1n) is 4.29. The molecule has 0 fully saturated rings. The van der Waals surface area contributed by atoms with Gasteiger partial charge in [-0.2, -0.15) is 0 Å². The molecule has 2 nitrogen and oxygen atoms in total. The minimum atomic E-state index is 0.00678. The van der Waals surface area contributed by atoms with Crippen LogP contribution in [-0.2, 0) is 11.2 Å². The van der Waals surface area contributed by atoms with Gasteiger partial charge in [0.2, 0.25) is 0 Å². The number of rotatable bonds is 3. The maximum atomic E-state index is 11.3. The molecule has 0 heterocycles. The molecule has 0 bridgehead atoms. The summed E-state index contributed by atoms with van der Waals surface area (Å²) in [5.74, 6) is 0.00678. The van der Waals surface area contributed by atoms with Crippen LogP contribution in [0.1, 0.15) is 12.5 Å². The van der Waals surface area contributed by atoms with Crippen molar-refractivity contribution in [2.45, 2.75) is 13.3 Å². The number of nitrogens with two attached hydrogens (primary N) is 1. The van der Waals surface area contributed by atoms with E-state index >= 15 is 0 Å². The Morgan fingerprint density at radius 2 is 2.00 bits per heavy atom. The predicted octanol–water partition coefficient (Wildman–Crippen LogP) is 2.31. The van der Waals surface area contributed by atoms with Crippen LogP contribution in [0.25, 0.3) is 0 Å². The smallest absolute Gasteiger partial charge is 0.161 e. The fourth-order valence-electron chi connectivity index (χ4n) is 1.11. The van der Waals surface area contributed by atoms with Crippen LogP contribution < -0.4 is 5.73 Å². The van der Waals surface area contributed by atoms with Gasteiger partial charge in [0, 0.05) is 17.1 Å². The number of carbonyl (C=O) groups excluding carboxylic acids is 1. The SMILES string of the molecule is C/C(N)=C/C(=O)Cc1ccc(Cl)cc1. The van der Waals surface area contributed by atoms with Crippen molar-refractivity contribution in [2.24, 2.45) is 5.73 Å². The third-order valence-electron chi connectivity index (χ3n) is 1.68. The second-order valence-electron chi connectivity index (χ2n) is 3.16. The largest absolute Gasteiger partial charge is 0.402 e. The van der Waals surface area contributed by atoms with Crippen molar-refractivity contribution in [3.63, 3.8) is 0 Å². The van der Waals surface area contributed by atoms with Crippen LogP contribution in [0.4, 0.5) is 0 Å². The van der Waals surface area contributed by atoms with E-state index in [4.69, 9.17) is 17.3 Å². The zero-order valence-electron chi connectivity index (χ0n) is 7.96. The molecule has 0 saturated heterocycles. The Balaban J connectivity index is 2.66. The molecule has 0 aliphatic heterocycles. The molecule has 0 radical (unpaired) electrons. The standard InChI is InChI=1S/C11H12ClNO/c1-8(13)6-11(14)7-9-2-4-10(12)5-3-9/h2-6H,7,13H2,1H3/b8-6-. The number of benzene rings is 1. The molecule has 1 aromatic rings. The Morgan fingerprint density at radius 1 is 1.43 bits per heavy atom. The molecule has 3 heteroatoms. The van der Waals surface area contributed by atoms with Gasteiger partial charge >= 0.3 is 0 Å². The monoisotopic (exact) mass is 209 g/mol. The zero-order chi connectivity index (χ0) is 10.6. The lowest BCUT2D eigenvalue weighted by Crippen LogP contribution is -2.02. The second-order valence-corrected chi connectivity index (χ2v) is 3.59. The first-order valence-corrected chi connectivity index (χ1v) is 4.67. The van der Waals surface area contributed by atoms with E-state index in [1.807, 2.05) is 12.1 Å². The first kappa shape index (κ1) is 10.8. The molecule has 0 aromatic heterocycles. The number of allylic oxidation sites excluding steroid dienone is 2. The number of carbonyl (C=O) groups is 1. The summed E-state index contributed by atoms with van der Waals surface area (Å²) < 4.78 is 0. The van der Waals surface area contributed by atoms with Crippen LogP contribution in [0.15, 0.2) is 36.0 Å². The maximum absolute atomic E-state index is 11.3. The molecule has 0 aliphatic carbocycles. The lowest BCUT2D eigenvalue weighted by atomic mass is 10.1. The van der Waals surface area contributed by atoms with Crippen LogP contribution in [0.5, 0.6) is 0 Å².